The molecule has 0 aromatic carbocycles. The maximum absolute atomic E-state index is 12.1. The largest absolute Gasteiger partial charge is 0.351 e. The summed E-state index contributed by atoms with van der Waals surface area (Å²) in [6.07, 6.45) is 3.36. The van der Waals surface area contributed by atoms with Gasteiger partial charge in [-0.3, -0.25) is 4.79 Å². The van der Waals surface area contributed by atoms with Gasteiger partial charge in [0.05, 0.1) is 5.75 Å². The lowest BCUT2D eigenvalue weighted by atomic mass is 10.2. The first-order valence-electron chi connectivity index (χ1n) is 5.65. The van der Waals surface area contributed by atoms with E-state index in [0.717, 1.165) is 17.0 Å². The zero-order valence-electron chi connectivity index (χ0n) is 10.7. The Morgan fingerprint density at radius 3 is 2.56 bits per heavy atom. The van der Waals surface area contributed by atoms with Gasteiger partial charge in [-0.1, -0.05) is 11.8 Å². The van der Waals surface area contributed by atoms with E-state index < -0.39 is 0 Å². The standard InChI is InChI=1S/C13H15N3OS/c1-9-7-11(10(2)16(9)3)12(17)8-18-13-14-5-4-6-15-13/h4-7H,8H2,1-3H3. The van der Waals surface area contributed by atoms with E-state index in [-0.39, 0.29) is 5.78 Å². The molecule has 0 aliphatic rings. The zero-order valence-corrected chi connectivity index (χ0v) is 11.5. The van der Waals surface area contributed by atoms with Crippen LogP contribution in [0.3, 0.4) is 0 Å². The first-order chi connectivity index (χ1) is 8.59. The molecular weight excluding hydrogens is 246 g/mol. The predicted molar refractivity (Wildman–Crippen MR) is 72.0 cm³/mol. The maximum atomic E-state index is 12.1. The van der Waals surface area contributed by atoms with Gasteiger partial charge in [0.25, 0.3) is 0 Å². The summed E-state index contributed by atoms with van der Waals surface area (Å²) in [5.74, 6) is 0.488. The van der Waals surface area contributed by atoms with Gasteiger partial charge in [-0.15, -0.1) is 0 Å². The second kappa shape index (κ2) is 5.35. The second-order valence-corrected chi connectivity index (χ2v) is 5.03. The highest BCUT2D eigenvalue weighted by molar-refractivity contribution is 7.99. The third-order valence-corrected chi connectivity index (χ3v) is 3.83. The molecule has 5 heteroatoms. The fourth-order valence-electron chi connectivity index (χ4n) is 1.71. The van der Waals surface area contributed by atoms with Crippen LogP contribution in [0.2, 0.25) is 0 Å². The molecule has 2 rings (SSSR count). The van der Waals surface area contributed by atoms with E-state index >= 15 is 0 Å². The van der Waals surface area contributed by atoms with Crippen molar-refractivity contribution in [2.24, 2.45) is 7.05 Å². The normalized spacial score (nSPS) is 10.6. The number of hydrogen-bond donors (Lipinski definition) is 0. The topological polar surface area (TPSA) is 47.8 Å². The van der Waals surface area contributed by atoms with Gasteiger partial charge in [0.1, 0.15) is 0 Å². The van der Waals surface area contributed by atoms with Crippen LogP contribution in [0.1, 0.15) is 21.7 Å². The maximum Gasteiger partial charge on any atom is 0.187 e. The van der Waals surface area contributed by atoms with Gasteiger partial charge in [0.15, 0.2) is 10.9 Å². The molecule has 2 aromatic heterocycles. The lowest BCUT2D eigenvalue weighted by Crippen LogP contribution is -2.05. The Morgan fingerprint density at radius 1 is 1.33 bits per heavy atom. The molecule has 0 unspecified atom stereocenters. The summed E-state index contributed by atoms with van der Waals surface area (Å²) in [7, 11) is 1.97. The first-order valence-corrected chi connectivity index (χ1v) is 6.64. The molecule has 0 bridgehead atoms. The number of rotatable bonds is 4. The summed E-state index contributed by atoms with van der Waals surface area (Å²) in [5.41, 5.74) is 2.89. The summed E-state index contributed by atoms with van der Waals surface area (Å²) in [4.78, 5) is 20.3. The molecule has 4 nitrogen and oxygen atoms in total. The number of thioether (sulfide) groups is 1. The monoisotopic (exact) mass is 261 g/mol. The van der Waals surface area contributed by atoms with Crippen molar-refractivity contribution < 1.29 is 4.79 Å². The van der Waals surface area contributed by atoms with Crippen LogP contribution >= 0.6 is 11.8 Å². The van der Waals surface area contributed by atoms with E-state index in [1.54, 1.807) is 18.5 Å². The Kier molecular flexibility index (Phi) is 3.81. The van der Waals surface area contributed by atoms with Crippen molar-refractivity contribution in [1.29, 1.82) is 0 Å². The Hall–Kier alpha value is -1.62. The number of nitrogens with zero attached hydrogens (tertiary/aromatic N) is 3. The average Bonchev–Trinajstić information content (AvgIpc) is 2.65. The highest BCUT2D eigenvalue weighted by atomic mass is 32.2. The molecule has 0 amide bonds. The minimum atomic E-state index is 0.119. The number of ketones is 1. The minimum Gasteiger partial charge on any atom is -0.351 e. The van der Waals surface area contributed by atoms with Crippen LogP contribution in [0.25, 0.3) is 0 Å². The van der Waals surface area contributed by atoms with Crippen molar-refractivity contribution in [3.05, 3.63) is 41.5 Å². The van der Waals surface area contributed by atoms with Crippen LogP contribution in [-0.4, -0.2) is 26.1 Å². The van der Waals surface area contributed by atoms with Gasteiger partial charge in [-0.25, -0.2) is 9.97 Å². The van der Waals surface area contributed by atoms with Gasteiger partial charge in [0, 0.05) is 36.4 Å². The SMILES string of the molecule is Cc1cc(C(=O)CSc2ncccn2)c(C)n1C. The van der Waals surface area contributed by atoms with Gasteiger partial charge in [-0.2, -0.15) is 0 Å². The Balaban J connectivity index is 2.06. The lowest BCUT2D eigenvalue weighted by Gasteiger charge is -2.01. The van der Waals surface area contributed by atoms with Crippen molar-refractivity contribution in [2.45, 2.75) is 19.0 Å². The van der Waals surface area contributed by atoms with Crippen molar-refractivity contribution in [2.75, 3.05) is 5.75 Å². The smallest absolute Gasteiger partial charge is 0.187 e. The summed E-state index contributed by atoms with van der Waals surface area (Å²) < 4.78 is 2.02. The Morgan fingerprint density at radius 2 is 2.00 bits per heavy atom. The number of carbonyl (C=O) groups excluding carboxylic acids is 1. The number of Topliss-reactive ketones (excluding diaryl/α,β-unsaturated/α-hetero) is 1. The third kappa shape index (κ3) is 2.61. The fraction of sp³-hybridized carbons (Fsp3) is 0.308. The number of hydrogen-bond acceptors (Lipinski definition) is 4. The number of aromatic nitrogens is 3. The van der Waals surface area contributed by atoms with Crippen LogP contribution in [0.4, 0.5) is 0 Å². The molecule has 0 fully saturated rings. The zero-order chi connectivity index (χ0) is 13.1. The summed E-state index contributed by atoms with van der Waals surface area (Å²) >= 11 is 1.37. The molecule has 0 N–H and O–H groups in total. The Bertz CT molecular complexity index is 563. The second-order valence-electron chi connectivity index (χ2n) is 4.09. The minimum absolute atomic E-state index is 0.119. The van der Waals surface area contributed by atoms with E-state index in [9.17, 15) is 4.79 Å². The van der Waals surface area contributed by atoms with Crippen LogP contribution in [-0.2, 0) is 7.05 Å². The highest BCUT2D eigenvalue weighted by Crippen LogP contribution is 2.18. The van der Waals surface area contributed by atoms with Crippen molar-refractivity contribution in [3.8, 4) is 0 Å². The molecule has 0 aliphatic carbocycles. The van der Waals surface area contributed by atoms with Gasteiger partial charge in [-0.05, 0) is 26.0 Å². The first kappa shape index (κ1) is 12.8. The quantitative estimate of drug-likeness (QED) is 0.482. The van der Waals surface area contributed by atoms with E-state index in [1.165, 1.54) is 11.8 Å². The number of aryl methyl sites for hydroxylation is 1. The van der Waals surface area contributed by atoms with Crippen LogP contribution in [0.5, 0.6) is 0 Å². The molecule has 2 aromatic rings. The molecular formula is C13H15N3OS. The lowest BCUT2D eigenvalue weighted by molar-refractivity contribution is 0.102. The van der Waals surface area contributed by atoms with Crippen molar-refractivity contribution in [3.63, 3.8) is 0 Å². The molecule has 94 valence electrons. The molecule has 2 heterocycles. The van der Waals surface area contributed by atoms with E-state index in [4.69, 9.17) is 0 Å². The molecule has 0 spiro atoms. The molecule has 18 heavy (non-hydrogen) atoms. The van der Waals surface area contributed by atoms with Crippen LogP contribution in [0, 0.1) is 13.8 Å². The van der Waals surface area contributed by atoms with E-state index in [0.29, 0.717) is 10.9 Å². The molecule has 0 saturated carbocycles. The highest BCUT2D eigenvalue weighted by Gasteiger charge is 2.14. The van der Waals surface area contributed by atoms with Gasteiger partial charge >= 0.3 is 0 Å². The molecule has 0 atom stereocenters. The van der Waals surface area contributed by atoms with Crippen LogP contribution < -0.4 is 0 Å². The van der Waals surface area contributed by atoms with Crippen LogP contribution in [0.15, 0.2) is 29.7 Å². The summed E-state index contributed by atoms with van der Waals surface area (Å²) in [6.45, 7) is 3.96. The Labute approximate surface area is 110 Å². The molecule has 0 saturated heterocycles. The molecule has 0 aliphatic heterocycles. The molecule has 0 radical (unpaired) electrons. The predicted octanol–water partition coefficient (Wildman–Crippen LogP) is 2.41. The summed E-state index contributed by atoms with van der Waals surface area (Å²) in [6, 6.07) is 3.70. The van der Waals surface area contributed by atoms with E-state index in [2.05, 4.69) is 9.97 Å². The fourth-order valence-corrected chi connectivity index (χ4v) is 2.39. The average molecular weight is 261 g/mol. The third-order valence-electron chi connectivity index (χ3n) is 2.95. The van der Waals surface area contributed by atoms with Crippen molar-refractivity contribution >= 4 is 17.5 Å². The van der Waals surface area contributed by atoms with Crippen molar-refractivity contribution in [1.82, 2.24) is 14.5 Å². The van der Waals surface area contributed by atoms with E-state index in [1.807, 2.05) is 31.5 Å². The van der Waals surface area contributed by atoms with Gasteiger partial charge < -0.3 is 4.57 Å². The summed E-state index contributed by atoms with van der Waals surface area (Å²) in [5, 5.41) is 0.635. The van der Waals surface area contributed by atoms with Gasteiger partial charge in [0.2, 0.25) is 0 Å². The number of carbonyl (C=O) groups is 1.